The molecule has 21 heavy (non-hydrogen) atoms. The molecule has 2 nitrogen and oxygen atoms in total. The van der Waals surface area contributed by atoms with Gasteiger partial charge in [0.25, 0.3) is 0 Å². The summed E-state index contributed by atoms with van der Waals surface area (Å²) in [5, 5.41) is 0. The molecule has 0 amide bonds. The predicted molar refractivity (Wildman–Crippen MR) is 82.6 cm³/mol. The smallest absolute Gasteiger partial charge is 0.139 e. The van der Waals surface area contributed by atoms with Crippen LogP contribution in [-0.4, -0.2) is 12.9 Å². The first-order chi connectivity index (χ1) is 10.1. The van der Waals surface area contributed by atoms with Crippen LogP contribution in [0.1, 0.15) is 56.1 Å². The fraction of sp³-hybridized carbons (Fsp3) is 0.632. The Morgan fingerprint density at radius 2 is 2.05 bits per heavy atom. The SMILES string of the molecule is COc1ccc2c(c1)CC[C@@H]1[C@H]2CC[C@@]2(C)C(=O)CC[C@@H]12. The van der Waals surface area contributed by atoms with E-state index < -0.39 is 0 Å². The summed E-state index contributed by atoms with van der Waals surface area (Å²) in [4.78, 5) is 12.3. The summed E-state index contributed by atoms with van der Waals surface area (Å²) >= 11 is 0. The van der Waals surface area contributed by atoms with Gasteiger partial charge in [0.1, 0.15) is 11.5 Å². The van der Waals surface area contributed by atoms with Crippen LogP contribution < -0.4 is 4.74 Å². The molecule has 0 radical (unpaired) electrons. The Morgan fingerprint density at radius 3 is 2.86 bits per heavy atom. The molecule has 0 aliphatic heterocycles. The molecule has 3 aliphatic rings. The maximum absolute atomic E-state index is 12.3. The Hall–Kier alpha value is -1.31. The molecule has 0 heterocycles. The molecule has 3 aliphatic carbocycles. The summed E-state index contributed by atoms with van der Waals surface area (Å²) in [5.41, 5.74) is 3.00. The highest BCUT2D eigenvalue weighted by atomic mass is 16.5. The average Bonchev–Trinajstić information content (AvgIpc) is 2.82. The van der Waals surface area contributed by atoms with E-state index in [2.05, 4.69) is 25.1 Å². The van der Waals surface area contributed by atoms with Gasteiger partial charge < -0.3 is 4.74 Å². The summed E-state index contributed by atoms with van der Waals surface area (Å²) < 4.78 is 5.37. The fourth-order valence-corrected chi connectivity index (χ4v) is 5.46. The van der Waals surface area contributed by atoms with Crippen molar-refractivity contribution in [3.05, 3.63) is 29.3 Å². The highest BCUT2D eigenvalue weighted by Crippen LogP contribution is 2.59. The predicted octanol–water partition coefficient (Wildman–Crippen LogP) is 4.12. The van der Waals surface area contributed by atoms with E-state index in [1.807, 2.05) is 0 Å². The third-order valence-corrected chi connectivity index (χ3v) is 6.64. The van der Waals surface area contributed by atoms with Gasteiger partial charge in [0.15, 0.2) is 0 Å². The van der Waals surface area contributed by atoms with Crippen molar-refractivity contribution < 1.29 is 9.53 Å². The summed E-state index contributed by atoms with van der Waals surface area (Å²) in [7, 11) is 1.74. The van der Waals surface area contributed by atoms with E-state index in [1.54, 1.807) is 7.11 Å². The standard InChI is InChI=1S/C19H24O2/c1-19-10-9-15-14-6-4-13(21-2)11-12(14)3-5-16(15)17(19)7-8-18(19)20/h4,6,11,15-17H,3,5,7-10H2,1-2H3/t15-,16+,17-,19+/m0/s1. The Bertz CT molecular complexity index is 591. The van der Waals surface area contributed by atoms with Crippen LogP contribution >= 0.6 is 0 Å². The first-order valence-corrected chi connectivity index (χ1v) is 8.33. The number of ketones is 1. The third kappa shape index (κ3) is 1.81. The van der Waals surface area contributed by atoms with Crippen LogP contribution in [0.4, 0.5) is 0 Å². The maximum atomic E-state index is 12.3. The highest BCUT2D eigenvalue weighted by Gasteiger charge is 2.54. The zero-order valence-electron chi connectivity index (χ0n) is 13.0. The first kappa shape index (κ1) is 13.4. The van der Waals surface area contributed by atoms with E-state index >= 15 is 0 Å². The molecule has 0 unspecified atom stereocenters. The number of methoxy groups -OCH3 is 1. The largest absolute Gasteiger partial charge is 0.497 e. The summed E-state index contributed by atoms with van der Waals surface area (Å²) in [6.45, 7) is 2.24. The molecule has 0 aromatic heterocycles. The molecule has 4 atom stereocenters. The average molecular weight is 284 g/mol. The number of rotatable bonds is 1. The number of carbonyl (C=O) groups excluding carboxylic acids is 1. The Labute approximate surface area is 126 Å². The number of ether oxygens (including phenoxy) is 1. The van der Waals surface area contributed by atoms with Crippen molar-refractivity contribution in [2.75, 3.05) is 7.11 Å². The van der Waals surface area contributed by atoms with Crippen LogP contribution in [0.3, 0.4) is 0 Å². The number of fused-ring (bicyclic) bond motifs is 5. The Morgan fingerprint density at radius 1 is 1.19 bits per heavy atom. The minimum Gasteiger partial charge on any atom is -0.497 e. The van der Waals surface area contributed by atoms with Crippen molar-refractivity contribution >= 4 is 5.78 Å². The lowest BCUT2D eigenvalue weighted by Gasteiger charge is -2.48. The number of hydrogen-bond donors (Lipinski definition) is 0. The van der Waals surface area contributed by atoms with E-state index in [1.165, 1.54) is 24.0 Å². The summed E-state index contributed by atoms with van der Waals surface area (Å²) in [6, 6.07) is 6.61. The topological polar surface area (TPSA) is 26.3 Å². The van der Waals surface area contributed by atoms with E-state index in [0.717, 1.165) is 37.4 Å². The molecule has 2 saturated carbocycles. The zero-order valence-corrected chi connectivity index (χ0v) is 13.0. The molecule has 4 rings (SSSR count). The van der Waals surface area contributed by atoms with Crippen molar-refractivity contribution in [1.82, 2.24) is 0 Å². The monoisotopic (exact) mass is 284 g/mol. The quantitative estimate of drug-likeness (QED) is 0.775. The lowest BCUT2D eigenvalue weighted by Crippen LogP contribution is -2.42. The van der Waals surface area contributed by atoms with Crippen LogP contribution in [0.5, 0.6) is 5.75 Å². The van der Waals surface area contributed by atoms with Crippen LogP contribution in [0.15, 0.2) is 18.2 Å². The van der Waals surface area contributed by atoms with Crippen LogP contribution in [0.25, 0.3) is 0 Å². The zero-order chi connectivity index (χ0) is 14.6. The van der Waals surface area contributed by atoms with Gasteiger partial charge in [-0.1, -0.05) is 13.0 Å². The fourth-order valence-electron chi connectivity index (χ4n) is 5.46. The highest BCUT2D eigenvalue weighted by molar-refractivity contribution is 5.87. The van der Waals surface area contributed by atoms with Gasteiger partial charge in [-0.25, -0.2) is 0 Å². The summed E-state index contributed by atoms with van der Waals surface area (Å²) in [5.74, 6) is 3.52. The first-order valence-electron chi connectivity index (χ1n) is 8.33. The second-order valence-corrected chi connectivity index (χ2v) is 7.40. The van der Waals surface area contributed by atoms with Gasteiger partial charge in [-0.3, -0.25) is 4.79 Å². The molecule has 1 aromatic carbocycles. The van der Waals surface area contributed by atoms with Gasteiger partial charge in [0.05, 0.1) is 7.11 Å². The molecule has 2 heteroatoms. The molecule has 1 aromatic rings. The van der Waals surface area contributed by atoms with Gasteiger partial charge in [-0.15, -0.1) is 0 Å². The summed E-state index contributed by atoms with van der Waals surface area (Å²) in [6.07, 6.45) is 6.61. The Kier molecular flexibility index (Phi) is 2.92. The third-order valence-electron chi connectivity index (χ3n) is 6.64. The van der Waals surface area contributed by atoms with Gasteiger partial charge in [0, 0.05) is 11.8 Å². The molecular formula is C19H24O2. The molecule has 112 valence electrons. The number of Topliss-reactive ketones (excluding diaryl/α,β-unsaturated/α-hetero) is 1. The molecule has 0 spiro atoms. The van der Waals surface area contributed by atoms with Gasteiger partial charge >= 0.3 is 0 Å². The molecular weight excluding hydrogens is 260 g/mol. The number of carbonyl (C=O) groups is 1. The Balaban J connectivity index is 1.70. The van der Waals surface area contributed by atoms with Gasteiger partial charge in [0.2, 0.25) is 0 Å². The maximum Gasteiger partial charge on any atom is 0.139 e. The minimum atomic E-state index is -0.00879. The van der Waals surface area contributed by atoms with Crippen molar-refractivity contribution in [2.24, 2.45) is 17.3 Å². The van der Waals surface area contributed by atoms with Crippen LogP contribution in [0.2, 0.25) is 0 Å². The number of hydrogen-bond acceptors (Lipinski definition) is 2. The lowest BCUT2D eigenvalue weighted by molar-refractivity contribution is -0.129. The van der Waals surface area contributed by atoms with E-state index in [-0.39, 0.29) is 5.41 Å². The normalized spacial score (nSPS) is 37.6. The number of benzene rings is 1. The lowest BCUT2D eigenvalue weighted by atomic mass is 9.55. The number of aryl methyl sites for hydroxylation is 1. The second kappa shape index (κ2) is 4.59. The van der Waals surface area contributed by atoms with Crippen molar-refractivity contribution in [1.29, 1.82) is 0 Å². The van der Waals surface area contributed by atoms with Crippen LogP contribution in [-0.2, 0) is 11.2 Å². The van der Waals surface area contributed by atoms with E-state index in [0.29, 0.717) is 17.6 Å². The molecule has 0 saturated heterocycles. The van der Waals surface area contributed by atoms with Crippen molar-refractivity contribution in [3.8, 4) is 5.75 Å². The molecule has 0 bridgehead atoms. The second-order valence-electron chi connectivity index (χ2n) is 7.40. The van der Waals surface area contributed by atoms with Crippen molar-refractivity contribution in [3.63, 3.8) is 0 Å². The van der Waals surface area contributed by atoms with Gasteiger partial charge in [-0.2, -0.15) is 0 Å². The van der Waals surface area contributed by atoms with E-state index in [9.17, 15) is 4.79 Å². The molecule has 0 N–H and O–H groups in total. The van der Waals surface area contributed by atoms with Crippen molar-refractivity contribution in [2.45, 2.75) is 51.4 Å². The van der Waals surface area contributed by atoms with Crippen LogP contribution in [0, 0.1) is 17.3 Å². The van der Waals surface area contributed by atoms with E-state index in [4.69, 9.17) is 4.74 Å². The van der Waals surface area contributed by atoms with Gasteiger partial charge in [-0.05, 0) is 73.1 Å². The molecule has 2 fully saturated rings. The minimum absolute atomic E-state index is 0.00879.